The maximum absolute atomic E-state index is 12.5. The van der Waals surface area contributed by atoms with Crippen molar-refractivity contribution in [2.75, 3.05) is 13.1 Å². The van der Waals surface area contributed by atoms with Gasteiger partial charge in [0.15, 0.2) is 0 Å². The number of nitrogens with one attached hydrogen (secondary N) is 1. The summed E-state index contributed by atoms with van der Waals surface area (Å²) >= 11 is 0. The van der Waals surface area contributed by atoms with E-state index in [2.05, 4.69) is 4.72 Å². The SMILES string of the molecule is NCCCCNS(=O)(=O)c1cccc(C(F)(F)F)c1. The van der Waals surface area contributed by atoms with E-state index in [1.165, 1.54) is 0 Å². The number of unbranched alkanes of at least 4 members (excludes halogenated alkanes) is 1. The highest BCUT2D eigenvalue weighted by atomic mass is 32.2. The quantitative estimate of drug-likeness (QED) is 0.785. The number of sulfonamides is 1. The normalized spacial score (nSPS) is 12.6. The van der Waals surface area contributed by atoms with Crippen molar-refractivity contribution < 1.29 is 21.6 Å². The lowest BCUT2D eigenvalue weighted by Gasteiger charge is -2.10. The Morgan fingerprint density at radius 2 is 1.89 bits per heavy atom. The molecular weight excluding hydrogens is 281 g/mol. The minimum absolute atomic E-state index is 0.149. The maximum atomic E-state index is 12.5. The zero-order valence-corrected chi connectivity index (χ0v) is 10.9. The summed E-state index contributed by atoms with van der Waals surface area (Å²) in [4.78, 5) is -0.393. The molecular formula is C11H15F3N2O2S. The molecule has 3 N–H and O–H groups in total. The van der Waals surface area contributed by atoms with E-state index in [0.717, 1.165) is 18.2 Å². The minimum atomic E-state index is -4.56. The number of benzene rings is 1. The van der Waals surface area contributed by atoms with Crippen molar-refractivity contribution in [3.05, 3.63) is 29.8 Å². The molecule has 8 heteroatoms. The Hall–Kier alpha value is -1.12. The fraction of sp³-hybridized carbons (Fsp3) is 0.455. The summed E-state index contributed by atoms with van der Waals surface area (Å²) < 4.78 is 63.2. The van der Waals surface area contributed by atoms with Crippen LogP contribution in [0.2, 0.25) is 0 Å². The van der Waals surface area contributed by atoms with Gasteiger partial charge in [0.25, 0.3) is 0 Å². The maximum Gasteiger partial charge on any atom is 0.416 e. The molecule has 0 radical (unpaired) electrons. The number of rotatable bonds is 6. The van der Waals surface area contributed by atoms with E-state index in [0.29, 0.717) is 25.5 Å². The van der Waals surface area contributed by atoms with Crippen LogP contribution in [0.5, 0.6) is 0 Å². The molecule has 0 saturated heterocycles. The van der Waals surface area contributed by atoms with Gasteiger partial charge >= 0.3 is 6.18 Å². The van der Waals surface area contributed by atoms with Gasteiger partial charge < -0.3 is 5.73 Å². The molecule has 1 rings (SSSR count). The van der Waals surface area contributed by atoms with Gasteiger partial charge in [-0.25, -0.2) is 13.1 Å². The van der Waals surface area contributed by atoms with Crippen LogP contribution in [0, 0.1) is 0 Å². The molecule has 0 amide bonds. The lowest BCUT2D eigenvalue weighted by atomic mass is 10.2. The molecule has 4 nitrogen and oxygen atoms in total. The van der Waals surface area contributed by atoms with Crippen LogP contribution in [0.1, 0.15) is 18.4 Å². The second-order valence-electron chi connectivity index (χ2n) is 3.92. The molecule has 0 aromatic heterocycles. The fourth-order valence-corrected chi connectivity index (χ4v) is 2.52. The molecule has 108 valence electrons. The van der Waals surface area contributed by atoms with Gasteiger partial charge in [-0.1, -0.05) is 6.07 Å². The third kappa shape index (κ3) is 4.81. The second kappa shape index (κ2) is 6.36. The van der Waals surface area contributed by atoms with E-state index in [9.17, 15) is 21.6 Å². The van der Waals surface area contributed by atoms with E-state index in [1.54, 1.807) is 0 Å². The van der Waals surface area contributed by atoms with Crippen LogP contribution in [-0.2, 0) is 16.2 Å². The van der Waals surface area contributed by atoms with Crippen LogP contribution in [0.4, 0.5) is 13.2 Å². The van der Waals surface area contributed by atoms with Gasteiger partial charge in [0.2, 0.25) is 10.0 Å². The fourth-order valence-electron chi connectivity index (χ4n) is 1.40. The largest absolute Gasteiger partial charge is 0.416 e. The van der Waals surface area contributed by atoms with Gasteiger partial charge in [-0.2, -0.15) is 13.2 Å². The smallest absolute Gasteiger partial charge is 0.330 e. The van der Waals surface area contributed by atoms with E-state index in [1.807, 2.05) is 0 Å². The lowest BCUT2D eigenvalue weighted by molar-refractivity contribution is -0.137. The highest BCUT2D eigenvalue weighted by Gasteiger charge is 2.31. The third-order valence-corrected chi connectivity index (χ3v) is 3.85. The third-order valence-electron chi connectivity index (χ3n) is 2.39. The molecule has 1 aromatic rings. The first-order valence-corrected chi connectivity index (χ1v) is 7.12. The number of hydrogen-bond donors (Lipinski definition) is 2. The number of nitrogens with two attached hydrogens (primary N) is 1. The molecule has 0 atom stereocenters. The Bertz CT molecular complexity index is 515. The summed E-state index contributed by atoms with van der Waals surface area (Å²) in [5, 5.41) is 0. The van der Waals surface area contributed by atoms with Crippen molar-refractivity contribution in [3.63, 3.8) is 0 Å². The average Bonchev–Trinajstić information content (AvgIpc) is 2.34. The van der Waals surface area contributed by atoms with Crippen LogP contribution in [-0.4, -0.2) is 21.5 Å². The first-order valence-electron chi connectivity index (χ1n) is 5.64. The van der Waals surface area contributed by atoms with Gasteiger partial charge in [-0.15, -0.1) is 0 Å². The Balaban J connectivity index is 2.84. The molecule has 0 aliphatic heterocycles. The van der Waals surface area contributed by atoms with Crippen molar-refractivity contribution in [1.82, 2.24) is 4.72 Å². The standard InChI is InChI=1S/C11H15F3N2O2S/c12-11(13,14)9-4-3-5-10(8-9)19(17,18)16-7-2-1-6-15/h3-5,8,16H,1-2,6-7,15H2. The van der Waals surface area contributed by atoms with Gasteiger partial charge in [0.05, 0.1) is 10.5 Å². The second-order valence-corrected chi connectivity index (χ2v) is 5.69. The molecule has 0 saturated carbocycles. The molecule has 0 bridgehead atoms. The molecule has 0 heterocycles. The van der Waals surface area contributed by atoms with Crippen LogP contribution >= 0.6 is 0 Å². The first-order chi connectivity index (χ1) is 8.77. The van der Waals surface area contributed by atoms with Gasteiger partial charge in [-0.05, 0) is 37.6 Å². The van der Waals surface area contributed by atoms with Crippen molar-refractivity contribution in [3.8, 4) is 0 Å². The van der Waals surface area contributed by atoms with Crippen LogP contribution in [0.3, 0.4) is 0 Å². The lowest BCUT2D eigenvalue weighted by Crippen LogP contribution is -2.25. The molecule has 0 aliphatic carbocycles. The number of hydrogen-bond acceptors (Lipinski definition) is 3. The number of alkyl halides is 3. The Kier molecular flexibility index (Phi) is 5.33. The van der Waals surface area contributed by atoms with Crippen LogP contribution in [0.25, 0.3) is 0 Å². The van der Waals surface area contributed by atoms with Crippen molar-refractivity contribution in [2.45, 2.75) is 23.9 Å². The van der Waals surface area contributed by atoms with Crippen molar-refractivity contribution in [1.29, 1.82) is 0 Å². The average molecular weight is 296 g/mol. The highest BCUT2D eigenvalue weighted by molar-refractivity contribution is 7.89. The Morgan fingerprint density at radius 3 is 2.47 bits per heavy atom. The molecule has 19 heavy (non-hydrogen) atoms. The van der Waals surface area contributed by atoms with E-state index >= 15 is 0 Å². The van der Waals surface area contributed by atoms with Crippen molar-refractivity contribution >= 4 is 10.0 Å². The Morgan fingerprint density at radius 1 is 1.21 bits per heavy atom. The van der Waals surface area contributed by atoms with E-state index in [4.69, 9.17) is 5.73 Å². The predicted molar refractivity (Wildman–Crippen MR) is 64.9 cm³/mol. The Labute approximate surface area is 109 Å². The van der Waals surface area contributed by atoms with Gasteiger partial charge in [0.1, 0.15) is 0 Å². The predicted octanol–water partition coefficient (Wildman–Crippen LogP) is 1.72. The molecule has 0 unspecified atom stereocenters. The van der Waals surface area contributed by atoms with Gasteiger partial charge in [0, 0.05) is 6.54 Å². The zero-order valence-electron chi connectivity index (χ0n) is 10.1. The summed E-state index contributed by atoms with van der Waals surface area (Å²) in [5.41, 5.74) is 4.27. The summed E-state index contributed by atoms with van der Waals surface area (Å²) in [6.07, 6.45) is -3.38. The molecule has 0 aliphatic rings. The highest BCUT2D eigenvalue weighted by Crippen LogP contribution is 2.30. The first kappa shape index (κ1) is 15.9. The summed E-state index contributed by atoms with van der Waals surface area (Å²) in [7, 11) is -3.91. The zero-order chi connectivity index (χ0) is 14.5. The van der Waals surface area contributed by atoms with Crippen LogP contribution < -0.4 is 10.5 Å². The topological polar surface area (TPSA) is 72.2 Å². The molecule has 0 spiro atoms. The summed E-state index contributed by atoms with van der Waals surface area (Å²) in [6.45, 7) is 0.584. The van der Waals surface area contributed by atoms with Gasteiger partial charge in [-0.3, -0.25) is 0 Å². The summed E-state index contributed by atoms with van der Waals surface area (Å²) in [5.74, 6) is 0. The van der Waals surface area contributed by atoms with E-state index < -0.39 is 26.7 Å². The minimum Gasteiger partial charge on any atom is -0.330 e. The van der Waals surface area contributed by atoms with Crippen LogP contribution in [0.15, 0.2) is 29.2 Å². The van der Waals surface area contributed by atoms with E-state index in [-0.39, 0.29) is 6.54 Å². The number of halogens is 3. The van der Waals surface area contributed by atoms with Crippen molar-refractivity contribution in [2.24, 2.45) is 5.73 Å². The molecule has 0 fully saturated rings. The molecule has 1 aromatic carbocycles. The monoisotopic (exact) mass is 296 g/mol. The summed E-state index contributed by atoms with van der Waals surface area (Å²) in [6, 6.07) is 3.64.